The van der Waals surface area contributed by atoms with Gasteiger partial charge in [0, 0.05) is 22.3 Å². The van der Waals surface area contributed by atoms with E-state index >= 15 is 0 Å². The summed E-state index contributed by atoms with van der Waals surface area (Å²) < 4.78 is 35.9. The smallest absolute Gasteiger partial charge is 0.264 e. The number of carbonyl (C=O) groups excluding carboxylic acids is 1. The largest absolute Gasteiger partial charge is 0.326 e. The van der Waals surface area contributed by atoms with Crippen molar-refractivity contribution in [2.45, 2.75) is 44.4 Å². The second-order valence-corrected chi connectivity index (χ2v) is 7.38. The molecule has 0 atom stereocenters. The molecule has 4 nitrogen and oxygen atoms in total. The fraction of sp³-hybridized carbons (Fsp3) is 0.500. The minimum absolute atomic E-state index is 0.125. The lowest BCUT2D eigenvalue weighted by molar-refractivity contribution is -0.120. The molecule has 0 heterocycles. The highest BCUT2D eigenvalue weighted by Crippen LogP contribution is 2.23. The normalized spacial score (nSPS) is 11.7. The van der Waals surface area contributed by atoms with Crippen molar-refractivity contribution >= 4 is 31.3 Å². The molecule has 1 aromatic rings. The van der Waals surface area contributed by atoms with Crippen LogP contribution in [0, 0.1) is 11.7 Å². The molecular weight excluding hydrogens is 317 g/mol. The van der Waals surface area contributed by atoms with E-state index in [1.54, 1.807) is 0 Å². The molecule has 0 saturated carbocycles. The van der Waals surface area contributed by atoms with Gasteiger partial charge in [-0.2, -0.15) is 0 Å². The number of carbonyl (C=O) groups is 1. The molecule has 0 aliphatic heterocycles. The number of halogens is 2. The summed E-state index contributed by atoms with van der Waals surface area (Å²) in [4.78, 5) is 11.5. The molecule has 0 saturated heterocycles. The maximum atomic E-state index is 13.7. The van der Waals surface area contributed by atoms with Gasteiger partial charge in [0.1, 0.15) is 10.7 Å². The number of nitrogens with one attached hydrogen (secondary N) is 1. The van der Waals surface area contributed by atoms with E-state index in [1.807, 2.05) is 13.8 Å². The number of benzene rings is 1. The molecule has 0 aliphatic rings. The Morgan fingerprint density at radius 3 is 2.29 bits per heavy atom. The van der Waals surface area contributed by atoms with Gasteiger partial charge in [0.15, 0.2) is 0 Å². The first-order valence-corrected chi connectivity index (χ1v) is 9.15. The Balaban J connectivity index is 2.88. The number of anilines is 1. The van der Waals surface area contributed by atoms with Crippen molar-refractivity contribution in [3.63, 3.8) is 0 Å². The maximum Gasteiger partial charge on any atom is 0.264 e. The van der Waals surface area contributed by atoms with Gasteiger partial charge in [-0.15, -0.1) is 0 Å². The van der Waals surface area contributed by atoms with Crippen LogP contribution in [0.15, 0.2) is 23.1 Å². The average molecular weight is 336 g/mol. The summed E-state index contributed by atoms with van der Waals surface area (Å²) in [5, 5.41) is 2.61. The lowest BCUT2D eigenvalue weighted by Crippen LogP contribution is -2.22. The fourth-order valence-electron chi connectivity index (χ4n) is 2.12. The molecule has 0 bridgehead atoms. The van der Waals surface area contributed by atoms with Gasteiger partial charge in [0.05, 0.1) is 0 Å². The Hall–Kier alpha value is -1.14. The van der Waals surface area contributed by atoms with Gasteiger partial charge in [0.25, 0.3) is 9.05 Å². The van der Waals surface area contributed by atoms with Crippen molar-refractivity contribution < 1.29 is 17.6 Å². The van der Waals surface area contributed by atoms with Gasteiger partial charge in [-0.1, -0.05) is 26.7 Å². The molecule has 1 N–H and O–H groups in total. The van der Waals surface area contributed by atoms with Crippen LogP contribution in [0.25, 0.3) is 0 Å². The zero-order chi connectivity index (χ0) is 16.0. The molecule has 0 aliphatic carbocycles. The standard InChI is InChI=1S/C14H19ClFNO3S/c1-3-5-10(6-4-2)14(18)17-11-7-8-13(12(16)9-11)21(15,19)20/h7-10H,3-6H2,1-2H3,(H,17,18). The minimum atomic E-state index is -4.13. The van der Waals surface area contributed by atoms with Crippen LogP contribution in [0.3, 0.4) is 0 Å². The van der Waals surface area contributed by atoms with Crippen molar-refractivity contribution in [1.82, 2.24) is 0 Å². The van der Waals surface area contributed by atoms with Crippen LogP contribution in [0.4, 0.5) is 10.1 Å². The zero-order valence-corrected chi connectivity index (χ0v) is 13.6. The van der Waals surface area contributed by atoms with Crippen molar-refractivity contribution in [1.29, 1.82) is 0 Å². The third kappa shape index (κ3) is 5.28. The van der Waals surface area contributed by atoms with Crippen molar-refractivity contribution in [3.05, 3.63) is 24.0 Å². The number of hydrogen-bond donors (Lipinski definition) is 1. The summed E-state index contributed by atoms with van der Waals surface area (Å²) in [6.45, 7) is 3.99. The van der Waals surface area contributed by atoms with Crippen LogP contribution in [-0.4, -0.2) is 14.3 Å². The van der Waals surface area contributed by atoms with Gasteiger partial charge in [-0.25, -0.2) is 12.8 Å². The molecule has 118 valence electrons. The summed E-state index contributed by atoms with van der Waals surface area (Å²) in [5.41, 5.74) is 0.221. The molecule has 7 heteroatoms. The van der Waals surface area contributed by atoms with E-state index in [2.05, 4.69) is 5.32 Å². The predicted molar refractivity (Wildman–Crippen MR) is 81.4 cm³/mol. The van der Waals surface area contributed by atoms with Crippen molar-refractivity contribution in [3.8, 4) is 0 Å². The predicted octanol–water partition coefficient (Wildman–Crippen LogP) is 3.91. The summed E-state index contributed by atoms with van der Waals surface area (Å²) in [6, 6.07) is 3.33. The maximum absolute atomic E-state index is 13.7. The van der Waals surface area contributed by atoms with Crippen LogP contribution < -0.4 is 5.32 Å². The van der Waals surface area contributed by atoms with Crippen LogP contribution in [-0.2, 0) is 13.8 Å². The highest BCUT2D eigenvalue weighted by Gasteiger charge is 2.19. The number of amides is 1. The van der Waals surface area contributed by atoms with Gasteiger partial charge in [0.2, 0.25) is 5.91 Å². The third-order valence-corrected chi connectivity index (χ3v) is 4.46. The Kier molecular flexibility index (Phi) is 6.61. The molecule has 1 amide bonds. The van der Waals surface area contributed by atoms with Gasteiger partial charge in [-0.3, -0.25) is 4.79 Å². The van der Waals surface area contributed by atoms with E-state index in [4.69, 9.17) is 10.7 Å². The summed E-state index contributed by atoms with van der Waals surface area (Å²) in [6.07, 6.45) is 3.29. The topological polar surface area (TPSA) is 63.2 Å². The van der Waals surface area contributed by atoms with Crippen LogP contribution in [0.1, 0.15) is 39.5 Å². The average Bonchev–Trinajstić information content (AvgIpc) is 2.37. The SMILES string of the molecule is CCCC(CCC)C(=O)Nc1ccc(S(=O)(=O)Cl)c(F)c1. The Labute approximate surface area is 129 Å². The van der Waals surface area contributed by atoms with E-state index in [0.29, 0.717) is 0 Å². The van der Waals surface area contributed by atoms with Crippen molar-refractivity contribution in [2.24, 2.45) is 5.92 Å². The molecule has 21 heavy (non-hydrogen) atoms. The minimum Gasteiger partial charge on any atom is -0.326 e. The second kappa shape index (κ2) is 7.75. The van der Waals surface area contributed by atoms with E-state index in [9.17, 15) is 17.6 Å². The molecule has 0 radical (unpaired) electrons. The van der Waals surface area contributed by atoms with E-state index in [1.165, 1.54) is 6.07 Å². The van der Waals surface area contributed by atoms with Crippen LogP contribution >= 0.6 is 10.7 Å². The van der Waals surface area contributed by atoms with Gasteiger partial charge >= 0.3 is 0 Å². The van der Waals surface area contributed by atoms with Gasteiger partial charge < -0.3 is 5.32 Å². The monoisotopic (exact) mass is 335 g/mol. The Morgan fingerprint density at radius 1 is 1.29 bits per heavy atom. The lowest BCUT2D eigenvalue weighted by atomic mass is 9.97. The summed E-state index contributed by atoms with van der Waals surface area (Å²) in [7, 11) is 0.972. The molecule has 0 unspecified atom stereocenters. The quantitative estimate of drug-likeness (QED) is 0.768. The Bertz CT molecular complexity index is 598. The molecule has 0 fully saturated rings. The van der Waals surface area contributed by atoms with E-state index in [-0.39, 0.29) is 17.5 Å². The highest BCUT2D eigenvalue weighted by atomic mass is 35.7. The first-order chi connectivity index (χ1) is 9.79. The highest BCUT2D eigenvalue weighted by molar-refractivity contribution is 8.13. The first kappa shape index (κ1) is 17.9. The van der Waals surface area contributed by atoms with Crippen LogP contribution in [0.5, 0.6) is 0 Å². The Morgan fingerprint density at radius 2 is 1.86 bits per heavy atom. The summed E-state index contributed by atoms with van der Waals surface area (Å²) in [5.74, 6) is -1.29. The fourth-order valence-corrected chi connectivity index (χ4v) is 3.02. The molecular formula is C14H19ClFNO3S. The van der Waals surface area contributed by atoms with Gasteiger partial charge in [-0.05, 0) is 31.0 Å². The summed E-state index contributed by atoms with van der Waals surface area (Å²) >= 11 is 0. The number of rotatable bonds is 7. The molecule has 1 aromatic carbocycles. The van der Waals surface area contributed by atoms with Crippen molar-refractivity contribution in [2.75, 3.05) is 5.32 Å². The van der Waals surface area contributed by atoms with E-state index < -0.39 is 19.8 Å². The molecule has 0 spiro atoms. The third-order valence-electron chi connectivity index (χ3n) is 3.11. The van der Waals surface area contributed by atoms with E-state index in [0.717, 1.165) is 37.8 Å². The molecule has 0 aromatic heterocycles. The lowest BCUT2D eigenvalue weighted by Gasteiger charge is -2.15. The number of hydrogen-bond acceptors (Lipinski definition) is 3. The van der Waals surface area contributed by atoms with Crippen LogP contribution in [0.2, 0.25) is 0 Å². The first-order valence-electron chi connectivity index (χ1n) is 6.84. The molecule has 1 rings (SSSR count). The second-order valence-electron chi connectivity index (χ2n) is 4.85. The zero-order valence-electron chi connectivity index (χ0n) is 12.0.